The molecule has 1 aliphatic heterocycles. The number of nitrogens with one attached hydrogen (secondary N) is 1. The molecule has 24 heavy (non-hydrogen) atoms. The van der Waals surface area contributed by atoms with Crippen LogP contribution in [-0.2, 0) is 10.0 Å². The van der Waals surface area contributed by atoms with E-state index in [1.807, 2.05) is 6.07 Å². The van der Waals surface area contributed by atoms with Crippen LogP contribution in [0.3, 0.4) is 0 Å². The van der Waals surface area contributed by atoms with E-state index in [1.54, 1.807) is 36.4 Å². The third kappa shape index (κ3) is 3.43. The second kappa shape index (κ2) is 6.74. The molecule has 0 spiro atoms. The highest BCUT2D eigenvalue weighted by atomic mass is 79.9. The Kier molecular flexibility index (Phi) is 4.85. The number of hydrogen-bond donors (Lipinski definition) is 1. The topological polar surface area (TPSA) is 66.5 Å². The Morgan fingerprint density at radius 3 is 2.62 bits per heavy atom. The summed E-state index contributed by atoms with van der Waals surface area (Å²) < 4.78 is 26.2. The molecule has 0 atom stereocenters. The van der Waals surface area contributed by atoms with E-state index in [0.717, 1.165) is 0 Å². The monoisotopic (exact) mass is 428 g/mol. The van der Waals surface area contributed by atoms with Gasteiger partial charge in [0.2, 0.25) is 10.0 Å². The summed E-state index contributed by atoms with van der Waals surface area (Å²) in [4.78, 5) is 12.4. The number of sulfonamides is 1. The molecular weight excluding hydrogens is 416 g/mol. The van der Waals surface area contributed by atoms with Gasteiger partial charge in [0.1, 0.15) is 0 Å². The first kappa shape index (κ1) is 17.3. The Morgan fingerprint density at radius 2 is 1.96 bits per heavy atom. The highest BCUT2D eigenvalue weighted by molar-refractivity contribution is 9.10. The molecule has 0 aromatic heterocycles. The van der Waals surface area contributed by atoms with Gasteiger partial charge < -0.3 is 5.32 Å². The van der Waals surface area contributed by atoms with E-state index < -0.39 is 10.0 Å². The zero-order valence-electron chi connectivity index (χ0n) is 12.5. The first-order chi connectivity index (χ1) is 11.4. The molecule has 1 heterocycles. The molecule has 0 aliphatic carbocycles. The molecule has 8 heteroatoms. The smallest absolute Gasteiger partial charge is 0.256 e. The average Bonchev–Trinajstić information content (AvgIpc) is 2.89. The van der Waals surface area contributed by atoms with Gasteiger partial charge >= 0.3 is 0 Å². The fourth-order valence-electron chi connectivity index (χ4n) is 2.54. The Hall–Kier alpha value is -1.57. The van der Waals surface area contributed by atoms with Crippen molar-refractivity contribution in [2.75, 3.05) is 21.9 Å². The minimum Gasteiger partial charge on any atom is -0.322 e. The summed E-state index contributed by atoms with van der Waals surface area (Å²) in [5.74, 6) is -0.184. The molecule has 0 bridgehead atoms. The largest absolute Gasteiger partial charge is 0.322 e. The highest BCUT2D eigenvalue weighted by Gasteiger charge is 2.30. The number of anilines is 2. The summed E-state index contributed by atoms with van der Waals surface area (Å²) in [5, 5.41) is 3.10. The summed E-state index contributed by atoms with van der Waals surface area (Å²) in [7, 11) is -3.34. The minimum absolute atomic E-state index is 0.108. The molecular formula is C16H14BrClN2O3S. The standard InChI is InChI=1S/C16H14BrClN2O3S/c17-13-5-2-1-4-12(13)16(21)19-11-6-7-14(18)15(10-11)20-8-3-9-24(20,22)23/h1-2,4-7,10H,3,8-9H2,(H,19,21). The lowest BCUT2D eigenvalue weighted by Crippen LogP contribution is -2.25. The number of rotatable bonds is 3. The van der Waals surface area contributed by atoms with Gasteiger partial charge in [-0.2, -0.15) is 0 Å². The van der Waals surface area contributed by atoms with E-state index in [4.69, 9.17) is 11.6 Å². The lowest BCUT2D eigenvalue weighted by atomic mass is 10.2. The van der Waals surface area contributed by atoms with Crippen molar-refractivity contribution in [3.05, 3.63) is 57.5 Å². The third-order valence-corrected chi connectivity index (χ3v) is 6.56. The number of nitrogens with zero attached hydrogens (tertiary/aromatic N) is 1. The molecule has 5 nitrogen and oxygen atoms in total. The molecule has 0 saturated carbocycles. The fraction of sp³-hybridized carbons (Fsp3) is 0.188. The van der Waals surface area contributed by atoms with Gasteiger partial charge in [0.05, 0.1) is 22.0 Å². The van der Waals surface area contributed by atoms with Crippen LogP contribution in [0.1, 0.15) is 16.8 Å². The Morgan fingerprint density at radius 1 is 1.21 bits per heavy atom. The Labute approximate surface area is 153 Å². The quantitative estimate of drug-likeness (QED) is 0.805. The van der Waals surface area contributed by atoms with Crippen LogP contribution in [0.4, 0.5) is 11.4 Å². The summed E-state index contributed by atoms with van der Waals surface area (Å²) >= 11 is 9.49. The lowest BCUT2D eigenvalue weighted by Gasteiger charge is -2.19. The molecule has 1 saturated heterocycles. The summed E-state index contributed by atoms with van der Waals surface area (Å²) in [5.41, 5.74) is 1.36. The minimum atomic E-state index is -3.34. The SMILES string of the molecule is O=C(Nc1ccc(Cl)c(N2CCCS2(=O)=O)c1)c1ccccc1Br. The van der Waals surface area contributed by atoms with Crippen molar-refractivity contribution >= 4 is 54.8 Å². The van der Waals surface area contributed by atoms with E-state index in [0.29, 0.717) is 39.4 Å². The molecule has 3 rings (SSSR count). The average molecular weight is 430 g/mol. The molecule has 126 valence electrons. The number of carbonyl (C=O) groups is 1. The molecule has 1 amide bonds. The summed E-state index contributed by atoms with van der Waals surface area (Å²) in [6.07, 6.45) is 0.562. The van der Waals surface area contributed by atoms with Gasteiger partial charge in [0.25, 0.3) is 5.91 Å². The maximum atomic E-state index is 12.4. The Balaban J connectivity index is 1.89. The van der Waals surface area contributed by atoms with E-state index >= 15 is 0 Å². The lowest BCUT2D eigenvalue weighted by molar-refractivity contribution is 0.102. The first-order valence-electron chi connectivity index (χ1n) is 7.24. The van der Waals surface area contributed by atoms with E-state index in [2.05, 4.69) is 21.2 Å². The van der Waals surface area contributed by atoms with Crippen LogP contribution in [0.25, 0.3) is 0 Å². The van der Waals surface area contributed by atoms with E-state index in [1.165, 1.54) is 4.31 Å². The molecule has 2 aromatic rings. The summed E-state index contributed by atoms with van der Waals surface area (Å²) in [6.45, 7) is 0.393. The fourth-order valence-corrected chi connectivity index (χ4v) is 4.84. The van der Waals surface area contributed by atoms with Crippen LogP contribution in [0.2, 0.25) is 5.02 Å². The van der Waals surface area contributed by atoms with Gasteiger partial charge in [-0.3, -0.25) is 9.10 Å². The number of halogens is 2. The third-order valence-electron chi connectivity index (χ3n) is 3.69. The van der Waals surface area contributed by atoms with Crippen LogP contribution in [0.5, 0.6) is 0 Å². The van der Waals surface area contributed by atoms with Crippen molar-refractivity contribution in [3.8, 4) is 0 Å². The molecule has 2 aromatic carbocycles. The zero-order valence-corrected chi connectivity index (χ0v) is 15.7. The van der Waals surface area contributed by atoms with Gasteiger partial charge in [-0.15, -0.1) is 0 Å². The molecule has 1 fully saturated rings. The molecule has 0 radical (unpaired) electrons. The predicted molar refractivity (Wildman–Crippen MR) is 99.3 cm³/mol. The van der Waals surface area contributed by atoms with E-state index in [-0.39, 0.29) is 11.7 Å². The van der Waals surface area contributed by atoms with E-state index in [9.17, 15) is 13.2 Å². The second-order valence-corrected chi connectivity index (χ2v) is 8.62. The van der Waals surface area contributed by atoms with Crippen LogP contribution < -0.4 is 9.62 Å². The van der Waals surface area contributed by atoms with Gasteiger partial charge in [0, 0.05) is 16.7 Å². The number of amides is 1. The van der Waals surface area contributed by atoms with Crippen LogP contribution in [0, 0.1) is 0 Å². The second-order valence-electron chi connectivity index (χ2n) is 5.34. The predicted octanol–water partition coefficient (Wildman–Crippen LogP) is 3.89. The highest BCUT2D eigenvalue weighted by Crippen LogP contribution is 2.33. The maximum absolute atomic E-state index is 12.4. The van der Waals surface area contributed by atoms with Crippen molar-refractivity contribution in [2.24, 2.45) is 0 Å². The van der Waals surface area contributed by atoms with Crippen molar-refractivity contribution < 1.29 is 13.2 Å². The van der Waals surface area contributed by atoms with Crippen molar-refractivity contribution in [1.29, 1.82) is 0 Å². The van der Waals surface area contributed by atoms with Gasteiger partial charge in [0.15, 0.2) is 0 Å². The van der Waals surface area contributed by atoms with Gasteiger partial charge in [-0.05, 0) is 52.7 Å². The van der Waals surface area contributed by atoms with Crippen molar-refractivity contribution in [2.45, 2.75) is 6.42 Å². The van der Waals surface area contributed by atoms with Crippen LogP contribution >= 0.6 is 27.5 Å². The molecule has 0 unspecified atom stereocenters. The normalized spacial score (nSPS) is 16.2. The van der Waals surface area contributed by atoms with Crippen LogP contribution in [-0.4, -0.2) is 26.6 Å². The van der Waals surface area contributed by atoms with Gasteiger partial charge in [-0.1, -0.05) is 23.7 Å². The molecule has 1 N–H and O–H groups in total. The maximum Gasteiger partial charge on any atom is 0.256 e. The number of benzene rings is 2. The van der Waals surface area contributed by atoms with Crippen molar-refractivity contribution in [1.82, 2.24) is 0 Å². The Bertz CT molecular complexity index is 902. The van der Waals surface area contributed by atoms with Crippen LogP contribution in [0.15, 0.2) is 46.9 Å². The van der Waals surface area contributed by atoms with Crippen molar-refractivity contribution in [3.63, 3.8) is 0 Å². The molecule has 1 aliphatic rings. The summed E-state index contributed by atoms with van der Waals surface area (Å²) in [6, 6.07) is 11.9. The first-order valence-corrected chi connectivity index (χ1v) is 10.0. The zero-order chi connectivity index (χ0) is 17.3. The van der Waals surface area contributed by atoms with Gasteiger partial charge in [-0.25, -0.2) is 8.42 Å². The number of hydrogen-bond acceptors (Lipinski definition) is 3. The number of carbonyl (C=O) groups excluding carboxylic acids is 1.